The molecule has 6 rings (SSSR count). The molecule has 17 nitrogen and oxygen atoms in total. The van der Waals surface area contributed by atoms with E-state index < -0.39 is 20.5 Å². The van der Waals surface area contributed by atoms with Gasteiger partial charge in [0.25, 0.3) is 0 Å². The molecule has 3 N–H and O–H groups in total. The summed E-state index contributed by atoms with van der Waals surface area (Å²) >= 11 is 0. The van der Waals surface area contributed by atoms with Gasteiger partial charge < -0.3 is 16.0 Å². The van der Waals surface area contributed by atoms with E-state index in [1.54, 1.807) is 12.1 Å². The van der Waals surface area contributed by atoms with Crippen molar-refractivity contribution < 1.29 is 85.1 Å². The summed E-state index contributed by atoms with van der Waals surface area (Å²) in [7, 11) is -9.89. The Balaban J connectivity index is 0.000000819. The van der Waals surface area contributed by atoms with E-state index in [0.717, 1.165) is 89.0 Å². The normalized spacial score (nSPS) is 10.3. The van der Waals surface area contributed by atoms with Crippen LogP contribution in [-0.4, -0.2) is 59.1 Å². The van der Waals surface area contributed by atoms with Gasteiger partial charge in [0, 0.05) is 87.9 Å². The van der Waals surface area contributed by atoms with Crippen LogP contribution in [0.5, 0.6) is 0 Å². The van der Waals surface area contributed by atoms with Gasteiger partial charge in [-0.15, -0.1) is 20.5 Å². The minimum atomic E-state index is -4.94. The van der Waals surface area contributed by atoms with E-state index in [4.69, 9.17) is 47.8 Å². The molecule has 296 valence electrons. The van der Waals surface area contributed by atoms with Crippen LogP contribution in [0.1, 0.15) is 13.8 Å². The molecule has 0 aliphatic heterocycles. The minimum absolute atomic E-state index is 0. The maximum absolute atomic E-state index is 8.49. The first-order valence-corrected chi connectivity index (χ1v) is 19.0. The van der Waals surface area contributed by atoms with Crippen LogP contribution in [0, 0.1) is 43.1 Å². The molecular formula is C37H39CdCl2N9O8. The van der Waals surface area contributed by atoms with Crippen LogP contribution in [0.15, 0.2) is 110 Å². The molecule has 0 bridgehead atoms. The molecule has 0 unspecified atom stereocenters. The van der Waals surface area contributed by atoms with Crippen molar-refractivity contribution >= 4 is 49.8 Å². The predicted molar refractivity (Wildman–Crippen MR) is 190 cm³/mol. The number of benzene rings is 3. The van der Waals surface area contributed by atoms with Crippen molar-refractivity contribution in [3.05, 3.63) is 110 Å². The average molecular weight is 921 g/mol. The van der Waals surface area contributed by atoms with Crippen molar-refractivity contribution in [2.24, 2.45) is 0 Å². The second-order valence-corrected chi connectivity index (χ2v) is 12.5. The number of rotatable bonds is 12. The van der Waals surface area contributed by atoms with Crippen LogP contribution in [0.4, 0.5) is 17.1 Å². The first-order valence-electron chi connectivity index (χ1n) is 16.5. The number of fused-ring (bicyclic) bond motifs is 3. The number of nitrogens with one attached hydrogen (secondary N) is 3. The van der Waals surface area contributed by atoms with Crippen molar-refractivity contribution in [1.29, 1.82) is 10.5 Å². The van der Waals surface area contributed by atoms with Gasteiger partial charge in [-0.05, 0) is 36.4 Å². The molecule has 0 aliphatic rings. The van der Waals surface area contributed by atoms with Gasteiger partial charge >= 0.3 is 27.3 Å². The molecule has 0 saturated heterocycles. The SMILES string of the molecule is CC#N.CC#N.[Cd+2].[O-][Cl+3]([O-])([O-])[O-].[O-][Cl+3]([O-])([O-])[O-].c1cnc2c(NCCN(CCNc3cccc4cccnc34)CCNc3cccc4cccnc34)cccc2c1. The summed E-state index contributed by atoms with van der Waals surface area (Å²) in [6.07, 6.45) is 5.55. The summed E-state index contributed by atoms with van der Waals surface area (Å²) in [5.41, 5.74) is 6.22. The second kappa shape index (κ2) is 27.1. The zero-order chi connectivity index (χ0) is 41.4. The van der Waals surface area contributed by atoms with Crippen molar-refractivity contribution in [2.45, 2.75) is 13.8 Å². The summed E-state index contributed by atoms with van der Waals surface area (Å²) in [6.45, 7) is 8.01. The van der Waals surface area contributed by atoms with Crippen molar-refractivity contribution in [3.63, 3.8) is 0 Å². The molecule has 3 aromatic carbocycles. The maximum Gasteiger partial charge on any atom is 2.00 e. The molecular weight excluding hydrogens is 882 g/mol. The summed E-state index contributed by atoms with van der Waals surface area (Å²) in [5.74, 6) is 0. The Morgan fingerprint density at radius 2 is 0.719 bits per heavy atom. The summed E-state index contributed by atoms with van der Waals surface area (Å²) in [5, 5.41) is 28.9. The van der Waals surface area contributed by atoms with Crippen LogP contribution in [0.2, 0.25) is 0 Å². The van der Waals surface area contributed by atoms with Gasteiger partial charge in [0.2, 0.25) is 0 Å². The van der Waals surface area contributed by atoms with Gasteiger partial charge in [-0.1, -0.05) is 54.6 Å². The zero-order valence-corrected chi connectivity index (χ0v) is 36.6. The number of nitrogens with zero attached hydrogens (tertiary/aromatic N) is 6. The fourth-order valence-corrected chi connectivity index (χ4v) is 5.12. The Bertz CT molecular complexity index is 1900. The molecule has 0 aliphatic carbocycles. The molecule has 0 atom stereocenters. The first kappa shape index (κ1) is 50.4. The number of halogens is 2. The molecule has 3 heterocycles. The predicted octanol–water partition coefficient (Wildman–Crippen LogP) is -2.19. The molecule has 0 radical (unpaired) electrons. The van der Waals surface area contributed by atoms with E-state index in [1.807, 2.05) is 36.8 Å². The number of hydrogen-bond acceptors (Lipinski definition) is 17. The molecule has 3 aromatic heterocycles. The van der Waals surface area contributed by atoms with Crippen LogP contribution < -0.4 is 53.2 Å². The number of para-hydroxylation sites is 3. The van der Waals surface area contributed by atoms with Crippen molar-refractivity contribution in [3.8, 4) is 12.1 Å². The molecule has 0 saturated carbocycles. The molecule has 20 heteroatoms. The Morgan fingerprint density at radius 3 is 0.965 bits per heavy atom. The van der Waals surface area contributed by atoms with Gasteiger partial charge in [0.05, 0.1) is 45.8 Å². The van der Waals surface area contributed by atoms with Crippen molar-refractivity contribution in [2.75, 3.05) is 55.2 Å². The smallest absolute Gasteiger partial charge is 0.382 e. The third-order valence-electron chi connectivity index (χ3n) is 7.13. The van der Waals surface area contributed by atoms with E-state index in [1.165, 1.54) is 13.8 Å². The van der Waals surface area contributed by atoms with Gasteiger partial charge in [-0.25, -0.2) is 37.3 Å². The number of pyridine rings is 3. The van der Waals surface area contributed by atoms with Crippen LogP contribution in [0.3, 0.4) is 0 Å². The minimum Gasteiger partial charge on any atom is -0.382 e. The number of nitriles is 2. The van der Waals surface area contributed by atoms with Crippen LogP contribution in [-0.2, 0) is 27.3 Å². The number of aromatic nitrogens is 3. The van der Waals surface area contributed by atoms with Gasteiger partial charge in [-0.2, -0.15) is 10.5 Å². The molecule has 6 aromatic rings. The monoisotopic (exact) mass is 921 g/mol. The van der Waals surface area contributed by atoms with E-state index in [-0.39, 0.29) is 27.3 Å². The molecule has 0 fully saturated rings. The Labute approximate surface area is 354 Å². The fraction of sp³-hybridized carbons (Fsp3) is 0.216. The van der Waals surface area contributed by atoms with E-state index in [0.29, 0.717) is 0 Å². The largest absolute Gasteiger partial charge is 2.00 e. The third kappa shape index (κ3) is 21.5. The van der Waals surface area contributed by atoms with Gasteiger partial charge in [0.15, 0.2) is 0 Å². The average Bonchev–Trinajstić information content (AvgIpc) is 3.14. The van der Waals surface area contributed by atoms with Crippen LogP contribution >= 0.6 is 0 Å². The molecule has 0 spiro atoms. The fourth-order valence-electron chi connectivity index (χ4n) is 5.12. The maximum atomic E-state index is 8.49. The van der Waals surface area contributed by atoms with E-state index in [9.17, 15) is 0 Å². The van der Waals surface area contributed by atoms with Gasteiger partial charge in [0.1, 0.15) is 0 Å². The molecule has 57 heavy (non-hydrogen) atoms. The van der Waals surface area contributed by atoms with Crippen LogP contribution in [0.25, 0.3) is 32.7 Å². The Hall–Kier alpha value is -4.59. The third-order valence-corrected chi connectivity index (χ3v) is 7.13. The summed E-state index contributed by atoms with van der Waals surface area (Å²) in [4.78, 5) is 16.2. The van der Waals surface area contributed by atoms with Gasteiger partial charge in [-0.3, -0.25) is 19.9 Å². The Morgan fingerprint density at radius 1 is 0.491 bits per heavy atom. The number of anilines is 3. The summed E-state index contributed by atoms with van der Waals surface area (Å²) < 4.78 is 67.9. The Kier molecular flexibility index (Phi) is 24.0. The van der Waals surface area contributed by atoms with Crippen molar-refractivity contribution in [1.82, 2.24) is 19.9 Å². The van der Waals surface area contributed by atoms with E-state index >= 15 is 0 Å². The zero-order valence-electron chi connectivity index (χ0n) is 31.0. The standard InChI is InChI=1S/C33H33N7.2C2H3N.Cd.2ClHO4/c1-7-25-10-4-16-37-31(25)28(13-1)34-19-22-40(23-20-35-29-14-2-8-26-11-5-17-38-32(26)29)24-21-36-30-15-3-9-27-12-6-18-39-33(27)30;2*1-2-3;;2*2-1(3,4)5/h1-18,34-36H,19-24H2;2*1H3;;2*(H,2,3,4,5)/q;;;+2;;/p-2. The second-order valence-electron chi connectivity index (χ2n) is 11.0. The molecule has 0 amide bonds. The quantitative estimate of drug-likeness (QED) is 0.110. The topological polar surface area (TPSA) is 310 Å². The summed E-state index contributed by atoms with van der Waals surface area (Å²) in [6, 6.07) is 34.6. The first-order chi connectivity index (χ1) is 26.7. The number of hydrogen-bond donors (Lipinski definition) is 3. The van der Waals surface area contributed by atoms with E-state index in [2.05, 4.69) is 109 Å².